The lowest BCUT2D eigenvalue weighted by Gasteiger charge is -2.26. The summed E-state index contributed by atoms with van der Waals surface area (Å²) in [5, 5.41) is 4.67. The van der Waals surface area contributed by atoms with E-state index < -0.39 is 0 Å². The van der Waals surface area contributed by atoms with E-state index in [1.807, 2.05) is 29.6 Å². The van der Waals surface area contributed by atoms with Gasteiger partial charge in [-0.1, -0.05) is 30.3 Å². The third-order valence-electron chi connectivity index (χ3n) is 4.96. The number of amides is 3. The van der Waals surface area contributed by atoms with Gasteiger partial charge >= 0.3 is 0 Å². The third kappa shape index (κ3) is 4.05. The maximum Gasteiger partial charge on any atom is 0.293 e. The molecule has 7 heteroatoms. The first-order valence-corrected chi connectivity index (χ1v) is 11.0. The molecule has 1 fully saturated rings. The van der Waals surface area contributed by atoms with E-state index in [9.17, 15) is 14.4 Å². The van der Waals surface area contributed by atoms with Gasteiger partial charge in [0, 0.05) is 17.8 Å². The number of benzene rings is 1. The van der Waals surface area contributed by atoms with Crippen LogP contribution in [0.25, 0.3) is 6.08 Å². The van der Waals surface area contributed by atoms with Crippen molar-refractivity contribution in [1.29, 1.82) is 0 Å². The van der Waals surface area contributed by atoms with Crippen LogP contribution in [0.1, 0.15) is 41.3 Å². The smallest absolute Gasteiger partial charge is 0.293 e. The van der Waals surface area contributed by atoms with Crippen LogP contribution in [0.15, 0.2) is 46.7 Å². The fourth-order valence-electron chi connectivity index (χ4n) is 3.58. The van der Waals surface area contributed by atoms with Crippen molar-refractivity contribution in [3.05, 3.63) is 62.7 Å². The van der Waals surface area contributed by atoms with E-state index >= 15 is 0 Å². The number of aryl methyl sites for hydroxylation is 1. The number of hydrogen-bond acceptors (Lipinski definition) is 5. The molecule has 1 saturated heterocycles. The van der Waals surface area contributed by atoms with E-state index in [4.69, 9.17) is 0 Å². The van der Waals surface area contributed by atoms with Crippen LogP contribution in [-0.2, 0) is 16.0 Å². The molecule has 2 aliphatic rings. The van der Waals surface area contributed by atoms with Crippen LogP contribution in [0, 0.1) is 0 Å². The highest BCUT2D eigenvalue weighted by atomic mass is 32.2. The molecule has 1 atom stereocenters. The summed E-state index contributed by atoms with van der Waals surface area (Å²) >= 11 is 2.44. The third-order valence-corrected chi connectivity index (χ3v) is 6.68. The molecule has 4 rings (SSSR count). The van der Waals surface area contributed by atoms with E-state index in [2.05, 4.69) is 17.4 Å². The Morgan fingerprint density at radius 1 is 1.21 bits per heavy atom. The number of carbonyl (C=O) groups excluding carboxylic acids is 3. The minimum absolute atomic E-state index is 0.00564. The molecule has 2 heterocycles. The van der Waals surface area contributed by atoms with Gasteiger partial charge in [0.1, 0.15) is 0 Å². The van der Waals surface area contributed by atoms with Crippen molar-refractivity contribution in [1.82, 2.24) is 10.2 Å². The van der Waals surface area contributed by atoms with Gasteiger partial charge in [0.05, 0.1) is 10.9 Å². The van der Waals surface area contributed by atoms with E-state index in [1.54, 1.807) is 6.08 Å². The molecule has 5 nitrogen and oxygen atoms in total. The van der Waals surface area contributed by atoms with Crippen molar-refractivity contribution in [2.75, 3.05) is 6.54 Å². The van der Waals surface area contributed by atoms with Gasteiger partial charge in [-0.05, 0) is 59.7 Å². The fraction of sp³-hybridized carbons (Fsp3) is 0.286. The second kappa shape index (κ2) is 8.32. The van der Waals surface area contributed by atoms with Crippen LogP contribution in [0.3, 0.4) is 0 Å². The van der Waals surface area contributed by atoms with Crippen LogP contribution < -0.4 is 5.32 Å². The van der Waals surface area contributed by atoms with Crippen molar-refractivity contribution < 1.29 is 14.4 Å². The molecule has 0 spiro atoms. The number of carbonyl (C=O) groups is 3. The topological polar surface area (TPSA) is 66.5 Å². The molecule has 1 aromatic carbocycles. The summed E-state index contributed by atoms with van der Waals surface area (Å²) in [5.41, 5.74) is 2.45. The lowest BCUT2D eigenvalue weighted by molar-refractivity contribution is -0.124. The van der Waals surface area contributed by atoms with E-state index in [1.165, 1.54) is 27.4 Å². The number of thiophene rings is 1. The standard InChI is InChI=1S/C21H20N2O3S2/c24-19(22-17-9-3-6-14-5-1-2-8-16(14)17)10-11-23-20(25)18(28-21(23)26)13-15-7-4-12-27-15/h1-2,4-5,7-8,12-13,17H,3,6,9-11H2,(H,22,24)/b18-13+. The molecular formula is C21H20N2O3S2. The summed E-state index contributed by atoms with van der Waals surface area (Å²) in [6.45, 7) is 0.104. The summed E-state index contributed by atoms with van der Waals surface area (Å²) in [6, 6.07) is 12.0. The van der Waals surface area contributed by atoms with Crippen LogP contribution in [0.5, 0.6) is 0 Å². The minimum atomic E-state index is -0.320. The number of rotatable bonds is 5. The van der Waals surface area contributed by atoms with Gasteiger partial charge in [0.25, 0.3) is 11.1 Å². The molecule has 1 aliphatic carbocycles. The Balaban J connectivity index is 1.35. The highest BCUT2D eigenvalue weighted by molar-refractivity contribution is 8.18. The van der Waals surface area contributed by atoms with E-state index in [-0.39, 0.29) is 36.1 Å². The first kappa shape index (κ1) is 19.0. The number of hydrogen-bond donors (Lipinski definition) is 1. The lowest BCUT2D eigenvalue weighted by Crippen LogP contribution is -2.35. The summed E-state index contributed by atoms with van der Waals surface area (Å²) in [6.07, 6.45) is 4.83. The highest BCUT2D eigenvalue weighted by Gasteiger charge is 2.35. The molecule has 0 saturated carbocycles. The van der Waals surface area contributed by atoms with Crippen molar-refractivity contribution in [3.8, 4) is 0 Å². The number of nitrogens with zero attached hydrogens (tertiary/aromatic N) is 1. The van der Waals surface area contributed by atoms with E-state index in [0.717, 1.165) is 35.9 Å². The number of nitrogens with one attached hydrogen (secondary N) is 1. The molecule has 2 aromatic rings. The number of imide groups is 1. The van der Waals surface area contributed by atoms with Crippen molar-refractivity contribution >= 4 is 46.2 Å². The van der Waals surface area contributed by atoms with Crippen LogP contribution in [0.2, 0.25) is 0 Å². The summed E-state index contributed by atoms with van der Waals surface area (Å²) in [4.78, 5) is 39.6. The Hall–Kier alpha value is -2.38. The highest BCUT2D eigenvalue weighted by Crippen LogP contribution is 2.33. The Bertz CT molecular complexity index is 937. The van der Waals surface area contributed by atoms with Crippen molar-refractivity contribution in [3.63, 3.8) is 0 Å². The molecule has 0 bridgehead atoms. The quantitative estimate of drug-likeness (QED) is 0.741. The molecule has 1 N–H and O–H groups in total. The van der Waals surface area contributed by atoms with E-state index in [0.29, 0.717) is 4.91 Å². The number of fused-ring (bicyclic) bond motifs is 1. The Kier molecular flexibility index (Phi) is 5.64. The molecule has 28 heavy (non-hydrogen) atoms. The maximum absolute atomic E-state index is 12.5. The van der Waals surface area contributed by atoms with Gasteiger partial charge in [0.15, 0.2) is 0 Å². The molecular weight excluding hydrogens is 392 g/mol. The molecule has 1 aromatic heterocycles. The fourth-order valence-corrected chi connectivity index (χ4v) is 5.17. The molecule has 3 amide bonds. The predicted molar refractivity (Wildman–Crippen MR) is 112 cm³/mol. The van der Waals surface area contributed by atoms with Gasteiger partial charge in [-0.2, -0.15) is 0 Å². The van der Waals surface area contributed by atoms with Gasteiger partial charge in [-0.3, -0.25) is 19.3 Å². The largest absolute Gasteiger partial charge is 0.349 e. The average Bonchev–Trinajstić information content (AvgIpc) is 3.29. The van der Waals surface area contributed by atoms with Gasteiger partial charge in [-0.15, -0.1) is 11.3 Å². The normalized spacial score (nSPS) is 20.5. The number of thioether (sulfide) groups is 1. The second-order valence-electron chi connectivity index (χ2n) is 6.81. The zero-order valence-electron chi connectivity index (χ0n) is 15.2. The average molecular weight is 413 g/mol. The summed E-state index contributed by atoms with van der Waals surface area (Å²) < 4.78 is 0. The SMILES string of the molecule is O=C(CCN1C(=O)S/C(=C/c2cccs2)C1=O)NC1CCCc2ccccc21. The minimum Gasteiger partial charge on any atom is -0.349 e. The first-order chi connectivity index (χ1) is 13.6. The predicted octanol–water partition coefficient (Wildman–Crippen LogP) is 4.37. The monoisotopic (exact) mass is 412 g/mol. The van der Waals surface area contributed by atoms with Gasteiger partial charge < -0.3 is 5.32 Å². The van der Waals surface area contributed by atoms with Crippen LogP contribution in [-0.4, -0.2) is 28.5 Å². The van der Waals surface area contributed by atoms with Crippen LogP contribution in [0.4, 0.5) is 4.79 Å². The lowest BCUT2D eigenvalue weighted by atomic mass is 9.87. The summed E-state index contributed by atoms with van der Waals surface area (Å²) in [5.74, 6) is -0.456. The maximum atomic E-state index is 12.5. The van der Waals surface area contributed by atoms with Crippen LogP contribution >= 0.6 is 23.1 Å². The van der Waals surface area contributed by atoms with Crippen molar-refractivity contribution in [2.45, 2.75) is 31.7 Å². The molecule has 1 aliphatic heterocycles. The molecule has 144 valence electrons. The van der Waals surface area contributed by atoms with Gasteiger partial charge in [-0.25, -0.2) is 0 Å². The van der Waals surface area contributed by atoms with Gasteiger partial charge in [0.2, 0.25) is 5.91 Å². The zero-order chi connectivity index (χ0) is 19.5. The molecule has 0 radical (unpaired) electrons. The Morgan fingerprint density at radius 3 is 2.89 bits per heavy atom. The zero-order valence-corrected chi connectivity index (χ0v) is 16.9. The Morgan fingerprint density at radius 2 is 2.07 bits per heavy atom. The first-order valence-electron chi connectivity index (χ1n) is 9.28. The Labute approximate surface area is 171 Å². The molecule has 1 unspecified atom stereocenters. The van der Waals surface area contributed by atoms with Crippen molar-refractivity contribution in [2.24, 2.45) is 0 Å². The second-order valence-corrected chi connectivity index (χ2v) is 8.78. The summed E-state index contributed by atoms with van der Waals surface area (Å²) in [7, 11) is 0.